The number of rotatable bonds is 7. The van der Waals surface area contributed by atoms with Crippen molar-refractivity contribution in [3.05, 3.63) is 35.4 Å². The highest BCUT2D eigenvalue weighted by molar-refractivity contribution is 5.86. The summed E-state index contributed by atoms with van der Waals surface area (Å²) >= 11 is 0. The predicted molar refractivity (Wildman–Crippen MR) is 80.8 cm³/mol. The molecule has 6 heteroatoms. The number of hydrogen-bond acceptors (Lipinski definition) is 2. The second kappa shape index (κ2) is 6.91. The second-order valence-electron chi connectivity index (χ2n) is 5.97. The molecular weight excluding hydrogens is 307 g/mol. The summed E-state index contributed by atoms with van der Waals surface area (Å²) in [5, 5.41) is 0. The van der Waals surface area contributed by atoms with Gasteiger partial charge in [-0.05, 0) is 30.4 Å². The van der Waals surface area contributed by atoms with E-state index < -0.39 is 17.5 Å². The molecule has 1 aliphatic rings. The molecule has 0 radical (unpaired) electrons. The first-order valence-electron chi connectivity index (χ1n) is 7.77. The molecule has 0 unspecified atom stereocenters. The lowest BCUT2D eigenvalue weighted by Gasteiger charge is -2.28. The van der Waals surface area contributed by atoms with Crippen molar-refractivity contribution in [2.45, 2.75) is 38.9 Å². The number of halogens is 3. The van der Waals surface area contributed by atoms with E-state index in [4.69, 9.17) is 4.74 Å². The molecule has 0 N–H and O–H groups in total. The maximum absolute atomic E-state index is 13.2. The van der Waals surface area contributed by atoms with E-state index in [1.807, 2.05) is 31.2 Å². The number of aryl methyl sites for hydroxylation is 1. The molecule has 1 aliphatic carbocycles. The van der Waals surface area contributed by atoms with Crippen LogP contribution in [0.3, 0.4) is 0 Å². The summed E-state index contributed by atoms with van der Waals surface area (Å²) < 4.78 is 44.5. The van der Waals surface area contributed by atoms with Crippen LogP contribution in [0.1, 0.15) is 30.9 Å². The molecule has 23 heavy (non-hydrogen) atoms. The number of amides is 1. The van der Waals surface area contributed by atoms with E-state index in [2.05, 4.69) is 0 Å². The molecule has 0 atom stereocenters. The quantitative estimate of drug-likeness (QED) is 0.765. The molecule has 0 aliphatic heterocycles. The minimum absolute atomic E-state index is 0.117. The molecule has 1 aromatic carbocycles. The van der Waals surface area contributed by atoms with Gasteiger partial charge in [0, 0.05) is 20.2 Å². The van der Waals surface area contributed by atoms with E-state index in [0.29, 0.717) is 0 Å². The molecule has 1 amide bonds. The third-order valence-electron chi connectivity index (χ3n) is 4.36. The van der Waals surface area contributed by atoms with Gasteiger partial charge in [0.05, 0.1) is 6.61 Å². The number of hydrogen-bond donors (Lipinski definition) is 0. The average Bonchev–Trinajstić information content (AvgIpc) is 3.33. The van der Waals surface area contributed by atoms with Gasteiger partial charge in [0.2, 0.25) is 5.91 Å². The lowest BCUT2D eigenvalue weighted by molar-refractivity contribution is -0.199. The molecule has 1 fully saturated rings. The van der Waals surface area contributed by atoms with Crippen molar-refractivity contribution in [2.24, 2.45) is 5.41 Å². The second-order valence-corrected chi connectivity index (χ2v) is 5.97. The van der Waals surface area contributed by atoms with Gasteiger partial charge in [-0.3, -0.25) is 4.79 Å². The minimum atomic E-state index is -4.48. The topological polar surface area (TPSA) is 29.5 Å². The Labute approximate surface area is 134 Å². The van der Waals surface area contributed by atoms with Crippen LogP contribution >= 0.6 is 0 Å². The van der Waals surface area contributed by atoms with Crippen molar-refractivity contribution in [2.75, 3.05) is 20.3 Å². The van der Waals surface area contributed by atoms with Gasteiger partial charge >= 0.3 is 6.18 Å². The van der Waals surface area contributed by atoms with Crippen LogP contribution in [0.15, 0.2) is 24.3 Å². The molecule has 0 bridgehead atoms. The molecule has 3 nitrogen and oxygen atoms in total. The summed E-state index contributed by atoms with van der Waals surface area (Å²) in [4.78, 5) is 13.7. The van der Waals surface area contributed by atoms with Crippen LogP contribution in [0.5, 0.6) is 0 Å². The van der Waals surface area contributed by atoms with Crippen LogP contribution in [-0.2, 0) is 22.5 Å². The van der Waals surface area contributed by atoms with Gasteiger partial charge in [0.1, 0.15) is 5.41 Å². The third kappa shape index (κ3) is 3.86. The van der Waals surface area contributed by atoms with Crippen molar-refractivity contribution >= 4 is 5.91 Å². The molecule has 0 aromatic heterocycles. The van der Waals surface area contributed by atoms with Crippen molar-refractivity contribution < 1.29 is 22.7 Å². The Morgan fingerprint density at radius 2 is 1.78 bits per heavy atom. The maximum Gasteiger partial charge on any atom is 0.403 e. The van der Waals surface area contributed by atoms with Crippen molar-refractivity contribution in [3.63, 3.8) is 0 Å². The summed E-state index contributed by atoms with van der Waals surface area (Å²) in [5.41, 5.74) is -0.202. The predicted octanol–water partition coefficient (Wildman–Crippen LogP) is 3.57. The Morgan fingerprint density at radius 3 is 2.22 bits per heavy atom. The monoisotopic (exact) mass is 329 g/mol. The van der Waals surface area contributed by atoms with Crippen molar-refractivity contribution in [3.8, 4) is 0 Å². The average molecular weight is 329 g/mol. The maximum atomic E-state index is 13.2. The van der Waals surface area contributed by atoms with E-state index in [-0.39, 0.29) is 32.5 Å². The van der Waals surface area contributed by atoms with Crippen LogP contribution in [0.4, 0.5) is 13.2 Å². The first-order valence-corrected chi connectivity index (χ1v) is 7.77. The zero-order chi connectivity index (χ0) is 17.1. The smallest absolute Gasteiger partial charge is 0.383 e. The molecular formula is C17H22F3NO2. The molecule has 2 rings (SSSR count). The molecule has 0 heterocycles. The van der Waals surface area contributed by atoms with E-state index in [0.717, 1.165) is 17.5 Å². The van der Waals surface area contributed by atoms with Gasteiger partial charge in [-0.15, -0.1) is 0 Å². The number of nitrogens with zero attached hydrogens (tertiary/aromatic N) is 1. The molecule has 128 valence electrons. The highest BCUT2D eigenvalue weighted by Gasteiger charge is 2.69. The van der Waals surface area contributed by atoms with Crippen LogP contribution < -0.4 is 0 Å². The van der Waals surface area contributed by atoms with Gasteiger partial charge in [-0.1, -0.05) is 31.2 Å². The Bertz CT molecular complexity index is 536. The lowest BCUT2D eigenvalue weighted by atomic mass is 10.0. The van der Waals surface area contributed by atoms with Crippen LogP contribution in [0.2, 0.25) is 0 Å². The van der Waals surface area contributed by atoms with E-state index in [9.17, 15) is 18.0 Å². The van der Waals surface area contributed by atoms with Gasteiger partial charge in [0.25, 0.3) is 0 Å². The van der Waals surface area contributed by atoms with E-state index >= 15 is 0 Å². The van der Waals surface area contributed by atoms with E-state index in [1.165, 1.54) is 12.0 Å². The fourth-order valence-corrected chi connectivity index (χ4v) is 2.60. The van der Waals surface area contributed by atoms with Gasteiger partial charge in [0.15, 0.2) is 0 Å². The first-order chi connectivity index (χ1) is 10.8. The standard InChI is InChI=1S/C17H22F3NO2/c1-3-13-4-6-14(7-5-13)12-21(10-11-23-2)15(22)16(8-9-16)17(18,19)20/h4-7H,3,8-12H2,1-2H3. The van der Waals surface area contributed by atoms with Gasteiger partial charge < -0.3 is 9.64 Å². The number of methoxy groups -OCH3 is 1. The Hall–Kier alpha value is -1.56. The number of alkyl halides is 3. The largest absolute Gasteiger partial charge is 0.403 e. The molecule has 1 aromatic rings. The van der Waals surface area contributed by atoms with Crippen LogP contribution in [0.25, 0.3) is 0 Å². The number of carbonyl (C=O) groups excluding carboxylic acids is 1. The normalized spacial score (nSPS) is 16.2. The highest BCUT2D eigenvalue weighted by Crippen LogP contribution is 2.58. The first kappa shape index (κ1) is 17.8. The Balaban J connectivity index is 2.14. The number of benzene rings is 1. The zero-order valence-electron chi connectivity index (χ0n) is 13.4. The minimum Gasteiger partial charge on any atom is -0.383 e. The lowest BCUT2D eigenvalue weighted by Crippen LogP contribution is -2.45. The fourth-order valence-electron chi connectivity index (χ4n) is 2.60. The van der Waals surface area contributed by atoms with Crippen LogP contribution in [0, 0.1) is 5.41 Å². The van der Waals surface area contributed by atoms with Gasteiger partial charge in [-0.2, -0.15) is 13.2 Å². The van der Waals surface area contributed by atoms with E-state index in [1.54, 1.807) is 0 Å². The summed E-state index contributed by atoms with van der Waals surface area (Å²) in [6.07, 6.45) is -3.83. The Morgan fingerprint density at radius 1 is 1.22 bits per heavy atom. The van der Waals surface area contributed by atoms with Crippen LogP contribution in [-0.4, -0.2) is 37.2 Å². The molecule has 1 saturated carbocycles. The summed E-state index contributed by atoms with van der Waals surface area (Å²) in [7, 11) is 1.47. The SMILES string of the molecule is CCc1ccc(CN(CCOC)C(=O)C2(C(F)(F)F)CC2)cc1. The molecule has 0 saturated heterocycles. The third-order valence-corrected chi connectivity index (χ3v) is 4.36. The highest BCUT2D eigenvalue weighted by atomic mass is 19.4. The van der Waals surface area contributed by atoms with Gasteiger partial charge in [-0.25, -0.2) is 0 Å². The zero-order valence-corrected chi connectivity index (χ0v) is 13.4. The van der Waals surface area contributed by atoms with Crippen molar-refractivity contribution in [1.82, 2.24) is 4.90 Å². The number of carbonyl (C=O) groups is 1. The summed E-state index contributed by atoms with van der Waals surface area (Å²) in [6, 6.07) is 7.59. The summed E-state index contributed by atoms with van der Waals surface area (Å²) in [6.45, 7) is 2.57. The fraction of sp³-hybridized carbons (Fsp3) is 0.588. The van der Waals surface area contributed by atoms with Crippen molar-refractivity contribution in [1.29, 1.82) is 0 Å². The Kier molecular flexibility index (Phi) is 5.34. The molecule has 0 spiro atoms. The number of ether oxygens (including phenoxy) is 1. The summed E-state index contributed by atoms with van der Waals surface area (Å²) in [5.74, 6) is -0.832.